The number of nitrogens with one attached hydrogen (secondary N) is 1. The van der Waals surface area contributed by atoms with Gasteiger partial charge in [-0.3, -0.25) is 0 Å². The summed E-state index contributed by atoms with van der Waals surface area (Å²) >= 11 is 0. The molecule has 0 amide bonds. The lowest BCUT2D eigenvalue weighted by Gasteiger charge is -2.22. The highest BCUT2D eigenvalue weighted by atomic mass is 16.4. The highest BCUT2D eigenvalue weighted by molar-refractivity contribution is 5.19. The van der Waals surface area contributed by atoms with E-state index in [-0.39, 0.29) is 0 Å². The summed E-state index contributed by atoms with van der Waals surface area (Å²) in [5.41, 5.74) is 1.32. The molecule has 0 bridgehead atoms. The normalized spacial score (nSPS) is 16.6. The number of rotatable bonds is 6. The Bertz CT molecular complexity index is 543. The van der Waals surface area contributed by atoms with Crippen LogP contribution in [0.4, 0.5) is 0 Å². The third-order valence-electron chi connectivity index (χ3n) is 3.85. The van der Waals surface area contributed by atoms with Crippen molar-refractivity contribution in [3.05, 3.63) is 53.7 Å². The number of hydrogen-bond acceptors (Lipinski definition) is 3. The third-order valence-corrected chi connectivity index (χ3v) is 3.85. The first-order valence-corrected chi connectivity index (χ1v) is 7.47. The van der Waals surface area contributed by atoms with Crippen molar-refractivity contribution in [2.24, 2.45) is 5.92 Å². The molecular weight excluding hydrogens is 248 g/mol. The second-order valence-electron chi connectivity index (χ2n) is 5.94. The fourth-order valence-corrected chi connectivity index (χ4v) is 2.56. The van der Waals surface area contributed by atoms with E-state index < -0.39 is 0 Å². The summed E-state index contributed by atoms with van der Waals surface area (Å²) in [5, 5.41) is 3.57. The summed E-state index contributed by atoms with van der Waals surface area (Å²) in [6.45, 7) is 5.15. The van der Waals surface area contributed by atoms with Gasteiger partial charge in [0, 0.05) is 12.0 Å². The second kappa shape index (κ2) is 5.80. The SMILES string of the molecule is CC(C)[C@H](NCc1ncc(C2CC2)o1)c1ccccc1. The van der Waals surface area contributed by atoms with Crippen LogP contribution in [0.1, 0.15) is 55.9 Å². The molecular formula is C17H22N2O. The Balaban J connectivity index is 1.64. The molecule has 0 unspecified atom stereocenters. The molecule has 1 N–H and O–H groups in total. The van der Waals surface area contributed by atoms with Gasteiger partial charge in [-0.1, -0.05) is 44.2 Å². The Morgan fingerprint density at radius 1 is 1.25 bits per heavy atom. The van der Waals surface area contributed by atoms with Gasteiger partial charge in [0.25, 0.3) is 0 Å². The fourth-order valence-electron chi connectivity index (χ4n) is 2.56. The van der Waals surface area contributed by atoms with Crippen LogP contribution < -0.4 is 5.32 Å². The van der Waals surface area contributed by atoms with Crippen molar-refractivity contribution in [3.63, 3.8) is 0 Å². The molecule has 3 rings (SSSR count). The second-order valence-corrected chi connectivity index (χ2v) is 5.94. The standard InChI is InChI=1S/C17H22N2O/c1-12(2)17(14-6-4-3-5-7-14)19-11-16-18-10-15(20-16)13-8-9-13/h3-7,10,12-13,17,19H,8-9,11H2,1-2H3/t17-/m0/s1. The fraction of sp³-hybridized carbons (Fsp3) is 0.471. The molecule has 1 heterocycles. The van der Waals surface area contributed by atoms with Gasteiger partial charge in [-0.05, 0) is 24.3 Å². The molecule has 1 fully saturated rings. The Morgan fingerprint density at radius 3 is 2.65 bits per heavy atom. The Labute approximate surface area is 120 Å². The quantitative estimate of drug-likeness (QED) is 0.861. The molecule has 1 aromatic heterocycles. The maximum atomic E-state index is 5.80. The van der Waals surface area contributed by atoms with E-state index in [4.69, 9.17) is 4.42 Å². The molecule has 0 spiro atoms. The van der Waals surface area contributed by atoms with Gasteiger partial charge in [0.05, 0.1) is 12.7 Å². The minimum atomic E-state index is 0.326. The summed E-state index contributed by atoms with van der Waals surface area (Å²) in [7, 11) is 0. The molecule has 0 saturated heterocycles. The van der Waals surface area contributed by atoms with Crippen molar-refractivity contribution >= 4 is 0 Å². The molecule has 1 aliphatic rings. The average molecular weight is 270 g/mol. The van der Waals surface area contributed by atoms with Crippen LogP contribution in [0.5, 0.6) is 0 Å². The lowest BCUT2D eigenvalue weighted by Crippen LogP contribution is -2.25. The van der Waals surface area contributed by atoms with E-state index in [0.717, 1.165) is 11.7 Å². The Kier molecular flexibility index (Phi) is 3.88. The van der Waals surface area contributed by atoms with E-state index in [1.807, 2.05) is 6.20 Å². The van der Waals surface area contributed by atoms with E-state index in [1.165, 1.54) is 18.4 Å². The summed E-state index contributed by atoms with van der Waals surface area (Å²) in [6, 6.07) is 10.9. The molecule has 3 nitrogen and oxygen atoms in total. The zero-order valence-corrected chi connectivity index (χ0v) is 12.2. The minimum Gasteiger partial charge on any atom is -0.444 e. The van der Waals surface area contributed by atoms with Crippen molar-refractivity contribution in [3.8, 4) is 0 Å². The number of hydrogen-bond donors (Lipinski definition) is 1. The molecule has 106 valence electrons. The molecule has 0 radical (unpaired) electrons. The lowest BCUT2D eigenvalue weighted by molar-refractivity contribution is 0.370. The topological polar surface area (TPSA) is 38.1 Å². The van der Waals surface area contributed by atoms with Crippen LogP contribution in [0.15, 0.2) is 40.9 Å². The summed E-state index contributed by atoms with van der Waals surface area (Å²) in [6.07, 6.45) is 4.39. The first-order valence-electron chi connectivity index (χ1n) is 7.47. The van der Waals surface area contributed by atoms with Gasteiger partial charge in [-0.25, -0.2) is 4.98 Å². The molecule has 2 aromatic rings. The zero-order chi connectivity index (χ0) is 13.9. The van der Waals surface area contributed by atoms with Crippen LogP contribution in [-0.4, -0.2) is 4.98 Å². The zero-order valence-electron chi connectivity index (χ0n) is 12.2. The van der Waals surface area contributed by atoms with Crippen LogP contribution in [-0.2, 0) is 6.54 Å². The van der Waals surface area contributed by atoms with Crippen LogP contribution in [0.3, 0.4) is 0 Å². The van der Waals surface area contributed by atoms with Gasteiger partial charge in [0.2, 0.25) is 5.89 Å². The van der Waals surface area contributed by atoms with Crippen molar-refractivity contribution < 1.29 is 4.42 Å². The highest BCUT2D eigenvalue weighted by Crippen LogP contribution is 2.40. The largest absolute Gasteiger partial charge is 0.444 e. The molecule has 20 heavy (non-hydrogen) atoms. The van der Waals surface area contributed by atoms with Crippen LogP contribution in [0, 0.1) is 5.92 Å². The van der Waals surface area contributed by atoms with Crippen molar-refractivity contribution in [2.75, 3.05) is 0 Å². The maximum Gasteiger partial charge on any atom is 0.208 e. The smallest absolute Gasteiger partial charge is 0.208 e. The van der Waals surface area contributed by atoms with Gasteiger partial charge < -0.3 is 9.73 Å². The van der Waals surface area contributed by atoms with Gasteiger partial charge in [0.1, 0.15) is 5.76 Å². The monoisotopic (exact) mass is 270 g/mol. The highest BCUT2D eigenvalue weighted by Gasteiger charge is 2.27. The number of benzene rings is 1. The predicted molar refractivity (Wildman–Crippen MR) is 79.3 cm³/mol. The molecule has 1 atom stereocenters. The summed E-state index contributed by atoms with van der Waals surface area (Å²) in [4.78, 5) is 4.37. The van der Waals surface area contributed by atoms with E-state index in [1.54, 1.807) is 0 Å². The minimum absolute atomic E-state index is 0.326. The lowest BCUT2D eigenvalue weighted by atomic mass is 9.96. The predicted octanol–water partition coefficient (Wildman–Crippen LogP) is 4.04. The number of oxazole rings is 1. The van der Waals surface area contributed by atoms with Crippen molar-refractivity contribution in [1.82, 2.24) is 10.3 Å². The number of nitrogens with zero attached hydrogens (tertiary/aromatic N) is 1. The van der Waals surface area contributed by atoms with Crippen molar-refractivity contribution in [2.45, 2.75) is 45.2 Å². The molecule has 1 saturated carbocycles. The molecule has 1 aromatic carbocycles. The number of aromatic nitrogens is 1. The Hall–Kier alpha value is -1.61. The van der Waals surface area contributed by atoms with E-state index >= 15 is 0 Å². The van der Waals surface area contributed by atoms with Gasteiger partial charge >= 0.3 is 0 Å². The first-order chi connectivity index (χ1) is 9.74. The molecule has 0 aliphatic heterocycles. The Morgan fingerprint density at radius 2 is 2.00 bits per heavy atom. The van der Waals surface area contributed by atoms with Gasteiger partial charge in [-0.15, -0.1) is 0 Å². The summed E-state index contributed by atoms with van der Waals surface area (Å²) < 4.78 is 5.80. The maximum absolute atomic E-state index is 5.80. The van der Waals surface area contributed by atoms with Crippen molar-refractivity contribution in [1.29, 1.82) is 0 Å². The van der Waals surface area contributed by atoms with Crippen LogP contribution in [0.2, 0.25) is 0 Å². The van der Waals surface area contributed by atoms with Crippen LogP contribution in [0.25, 0.3) is 0 Å². The molecule has 1 aliphatic carbocycles. The third kappa shape index (κ3) is 3.10. The van der Waals surface area contributed by atoms with E-state index in [9.17, 15) is 0 Å². The van der Waals surface area contributed by atoms with Gasteiger partial charge in [0.15, 0.2) is 0 Å². The first kappa shape index (κ1) is 13.4. The average Bonchev–Trinajstić information content (AvgIpc) is 3.20. The van der Waals surface area contributed by atoms with Gasteiger partial charge in [-0.2, -0.15) is 0 Å². The summed E-state index contributed by atoms with van der Waals surface area (Å²) in [5.74, 6) is 3.01. The molecule has 3 heteroatoms. The van der Waals surface area contributed by atoms with Crippen LogP contribution >= 0.6 is 0 Å². The van der Waals surface area contributed by atoms with E-state index in [2.05, 4.69) is 54.5 Å². The van der Waals surface area contributed by atoms with E-state index in [0.29, 0.717) is 24.4 Å².